The number of carbonyl (C=O) groups is 1. The predicted molar refractivity (Wildman–Crippen MR) is 62.3 cm³/mol. The highest BCUT2D eigenvalue weighted by molar-refractivity contribution is 5.86. The molecule has 0 saturated heterocycles. The first-order valence-corrected chi connectivity index (χ1v) is 5.02. The molecule has 0 bridgehead atoms. The fourth-order valence-corrected chi connectivity index (χ4v) is 1.49. The second-order valence-electron chi connectivity index (χ2n) is 3.91. The smallest absolute Gasteiger partial charge is 0.151 e. The summed E-state index contributed by atoms with van der Waals surface area (Å²) in [5.41, 5.74) is 1.42. The van der Waals surface area contributed by atoms with Crippen LogP contribution in [0.4, 0.5) is 5.82 Å². The average Bonchev–Trinajstić information content (AvgIpc) is 2.20. The first kappa shape index (κ1) is 12.2. The monoisotopic (exact) mass is 217 g/mol. The third-order valence-corrected chi connectivity index (χ3v) is 2.42. The highest BCUT2D eigenvalue weighted by Crippen LogP contribution is 2.21. The van der Waals surface area contributed by atoms with Crippen molar-refractivity contribution in [2.45, 2.75) is 19.8 Å². The van der Waals surface area contributed by atoms with E-state index in [1.165, 1.54) is 6.92 Å². The van der Waals surface area contributed by atoms with Crippen LogP contribution in [-0.4, -0.2) is 24.9 Å². The number of rotatable bonds is 3. The van der Waals surface area contributed by atoms with Crippen LogP contribution in [0.3, 0.4) is 0 Å². The van der Waals surface area contributed by atoms with Crippen molar-refractivity contribution >= 4 is 11.6 Å². The summed E-state index contributed by atoms with van der Waals surface area (Å²) in [6, 6.07) is 5.62. The van der Waals surface area contributed by atoms with Crippen LogP contribution in [0.25, 0.3) is 0 Å². The zero-order valence-electron chi connectivity index (χ0n) is 9.98. The molecule has 0 spiro atoms. The Morgan fingerprint density at radius 2 is 2.12 bits per heavy atom. The Balaban J connectivity index is 3.18. The summed E-state index contributed by atoms with van der Waals surface area (Å²) in [5.74, 6) is -0.0322. The molecule has 0 aliphatic heterocycles. The van der Waals surface area contributed by atoms with Gasteiger partial charge in [0.1, 0.15) is 11.7 Å². The van der Waals surface area contributed by atoms with Gasteiger partial charge in [0.15, 0.2) is 5.78 Å². The van der Waals surface area contributed by atoms with Gasteiger partial charge in [-0.25, -0.2) is 4.98 Å². The number of aromatic nitrogens is 1. The molecule has 84 valence electrons. The van der Waals surface area contributed by atoms with Crippen LogP contribution in [0.5, 0.6) is 0 Å². The number of nitrogens with zero attached hydrogens (tertiary/aromatic N) is 3. The highest BCUT2D eigenvalue weighted by Gasteiger charge is 2.18. The molecule has 0 N–H and O–H groups in total. The van der Waals surface area contributed by atoms with Crippen LogP contribution >= 0.6 is 0 Å². The molecule has 0 aromatic carbocycles. The van der Waals surface area contributed by atoms with Gasteiger partial charge in [-0.3, -0.25) is 4.79 Å². The van der Waals surface area contributed by atoms with Crippen molar-refractivity contribution < 1.29 is 4.79 Å². The van der Waals surface area contributed by atoms with E-state index in [-0.39, 0.29) is 5.78 Å². The molecular formula is C12H15N3O. The Bertz CT molecular complexity index is 446. The van der Waals surface area contributed by atoms with Gasteiger partial charge in [0.2, 0.25) is 0 Å². The van der Waals surface area contributed by atoms with Crippen LogP contribution in [0.1, 0.15) is 24.1 Å². The summed E-state index contributed by atoms with van der Waals surface area (Å²) in [6.07, 6.45) is 0. The molecular weight excluding hydrogens is 202 g/mol. The lowest BCUT2D eigenvalue weighted by Gasteiger charge is -2.15. The highest BCUT2D eigenvalue weighted by atomic mass is 16.1. The fourth-order valence-electron chi connectivity index (χ4n) is 1.49. The van der Waals surface area contributed by atoms with Gasteiger partial charge in [0.05, 0.1) is 6.07 Å². The largest absolute Gasteiger partial charge is 0.363 e. The summed E-state index contributed by atoms with van der Waals surface area (Å²) in [6.45, 7) is 3.24. The normalized spacial score (nSPS) is 11.7. The number of ketones is 1. The summed E-state index contributed by atoms with van der Waals surface area (Å²) in [7, 11) is 3.79. The van der Waals surface area contributed by atoms with E-state index in [1.807, 2.05) is 38.1 Å². The summed E-state index contributed by atoms with van der Waals surface area (Å²) in [4.78, 5) is 17.5. The molecule has 16 heavy (non-hydrogen) atoms. The molecule has 0 aliphatic rings. The number of hydrogen-bond donors (Lipinski definition) is 0. The second-order valence-corrected chi connectivity index (χ2v) is 3.91. The zero-order chi connectivity index (χ0) is 12.3. The number of carbonyl (C=O) groups excluding carboxylic acids is 1. The van der Waals surface area contributed by atoms with Crippen molar-refractivity contribution in [3.63, 3.8) is 0 Å². The van der Waals surface area contributed by atoms with E-state index in [0.29, 0.717) is 5.56 Å². The van der Waals surface area contributed by atoms with Crippen molar-refractivity contribution in [3.05, 3.63) is 23.4 Å². The van der Waals surface area contributed by atoms with Gasteiger partial charge in [0.25, 0.3) is 0 Å². The maximum absolute atomic E-state index is 11.3. The Kier molecular flexibility index (Phi) is 3.62. The van der Waals surface area contributed by atoms with Crippen LogP contribution in [0.15, 0.2) is 12.1 Å². The molecule has 4 heteroatoms. The molecule has 1 aromatic heterocycles. The average molecular weight is 217 g/mol. The number of aryl methyl sites for hydroxylation is 1. The maximum Gasteiger partial charge on any atom is 0.151 e. The Morgan fingerprint density at radius 3 is 2.50 bits per heavy atom. The molecule has 0 amide bonds. The van der Waals surface area contributed by atoms with E-state index < -0.39 is 5.92 Å². The first-order valence-electron chi connectivity index (χ1n) is 5.02. The molecule has 1 rings (SSSR count). The minimum Gasteiger partial charge on any atom is -0.363 e. The molecule has 1 heterocycles. The fraction of sp³-hybridized carbons (Fsp3) is 0.417. The third-order valence-electron chi connectivity index (χ3n) is 2.42. The lowest BCUT2D eigenvalue weighted by atomic mass is 9.96. The van der Waals surface area contributed by atoms with E-state index in [9.17, 15) is 4.79 Å². The number of anilines is 1. The van der Waals surface area contributed by atoms with E-state index >= 15 is 0 Å². The SMILES string of the molecule is CC(=O)C(C#N)c1ccc(N(C)C)nc1C. The minimum absolute atomic E-state index is 0.148. The van der Waals surface area contributed by atoms with E-state index in [1.54, 1.807) is 6.07 Å². The number of pyridine rings is 1. The summed E-state index contributed by atoms with van der Waals surface area (Å²) >= 11 is 0. The lowest BCUT2D eigenvalue weighted by Crippen LogP contribution is -2.14. The molecule has 4 nitrogen and oxygen atoms in total. The third kappa shape index (κ3) is 2.37. The zero-order valence-corrected chi connectivity index (χ0v) is 9.98. The van der Waals surface area contributed by atoms with Gasteiger partial charge in [0, 0.05) is 19.8 Å². The minimum atomic E-state index is -0.705. The van der Waals surface area contributed by atoms with E-state index in [4.69, 9.17) is 5.26 Å². The molecule has 0 radical (unpaired) electrons. The molecule has 0 saturated carbocycles. The van der Waals surface area contributed by atoms with Gasteiger partial charge >= 0.3 is 0 Å². The Labute approximate surface area is 95.5 Å². The van der Waals surface area contributed by atoms with Gasteiger partial charge in [-0.15, -0.1) is 0 Å². The standard InChI is InChI=1S/C12H15N3O/c1-8-10(11(7-13)9(2)16)5-6-12(14-8)15(3)4/h5-6,11H,1-4H3. The van der Waals surface area contributed by atoms with Crippen molar-refractivity contribution in [1.82, 2.24) is 4.98 Å². The van der Waals surface area contributed by atoms with Crippen molar-refractivity contribution in [2.24, 2.45) is 0 Å². The quantitative estimate of drug-likeness (QED) is 0.772. The maximum atomic E-state index is 11.3. The molecule has 0 fully saturated rings. The Hall–Kier alpha value is -1.89. The number of Topliss-reactive ketones (excluding diaryl/α,β-unsaturated/α-hetero) is 1. The van der Waals surface area contributed by atoms with Crippen molar-refractivity contribution in [3.8, 4) is 6.07 Å². The first-order chi connectivity index (χ1) is 7.47. The van der Waals surface area contributed by atoms with Crippen LogP contribution < -0.4 is 4.90 Å². The predicted octanol–water partition coefficient (Wildman–Crippen LogP) is 1.65. The van der Waals surface area contributed by atoms with Crippen molar-refractivity contribution in [1.29, 1.82) is 5.26 Å². The molecule has 1 unspecified atom stereocenters. The number of hydrogen-bond acceptors (Lipinski definition) is 4. The summed E-state index contributed by atoms with van der Waals surface area (Å²) in [5, 5.41) is 8.94. The van der Waals surface area contributed by atoms with E-state index in [2.05, 4.69) is 4.98 Å². The van der Waals surface area contributed by atoms with Crippen LogP contribution in [0.2, 0.25) is 0 Å². The second kappa shape index (κ2) is 4.75. The van der Waals surface area contributed by atoms with E-state index in [0.717, 1.165) is 11.5 Å². The van der Waals surface area contributed by atoms with Crippen LogP contribution in [-0.2, 0) is 4.79 Å². The topological polar surface area (TPSA) is 57.0 Å². The summed E-state index contributed by atoms with van der Waals surface area (Å²) < 4.78 is 0. The number of nitriles is 1. The van der Waals surface area contributed by atoms with Gasteiger partial charge < -0.3 is 4.90 Å². The van der Waals surface area contributed by atoms with Crippen LogP contribution in [0, 0.1) is 18.3 Å². The lowest BCUT2D eigenvalue weighted by molar-refractivity contribution is -0.117. The van der Waals surface area contributed by atoms with Gasteiger partial charge in [-0.05, 0) is 25.5 Å². The van der Waals surface area contributed by atoms with Gasteiger partial charge in [-0.1, -0.05) is 6.07 Å². The van der Waals surface area contributed by atoms with Crippen molar-refractivity contribution in [2.75, 3.05) is 19.0 Å². The van der Waals surface area contributed by atoms with Gasteiger partial charge in [-0.2, -0.15) is 5.26 Å². The molecule has 0 aliphatic carbocycles. The molecule has 1 atom stereocenters. The molecule has 1 aromatic rings. The Morgan fingerprint density at radius 1 is 1.50 bits per heavy atom.